The summed E-state index contributed by atoms with van der Waals surface area (Å²) in [5, 5.41) is 3.99. The van der Waals surface area contributed by atoms with Crippen LogP contribution in [0.25, 0.3) is 0 Å². The Hall–Kier alpha value is -3.35. The van der Waals surface area contributed by atoms with Crippen molar-refractivity contribution in [1.29, 1.82) is 0 Å². The number of amides is 1. The first-order valence-corrected chi connectivity index (χ1v) is 9.63. The standard InChI is InChI=1S/C22H23N3O4/c1-3-25(14-16-9-5-4-6-10-16)20(26)13-19-23-21(29-24-19)22(2)15-27-17-11-7-8-12-18(17)28-22/h4-12H,3,13-15H2,1-2H3. The second-order valence-corrected chi connectivity index (χ2v) is 7.15. The molecule has 0 spiro atoms. The predicted octanol–water partition coefficient (Wildman–Crippen LogP) is 3.35. The van der Waals surface area contributed by atoms with E-state index in [1.807, 2.05) is 68.4 Å². The van der Waals surface area contributed by atoms with Gasteiger partial charge in [-0.2, -0.15) is 4.98 Å². The van der Waals surface area contributed by atoms with Gasteiger partial charge in [0.05, 0.1) is 6.42 Å². The van der Waals surface area contributed by atoms with E-state index in [1.165, 1.54) is 0 Å². The topological polar surface area (TPSA) is 77.7 Å². The van der Waals surface area contributed by atoms with Crippen molar-refractivity contribution in [1.82, 2.24) is 15.0 Å². The molecule has 150 valence electrons. The highest BCUT2D eigenvalue weighted by atomic mass is 16.6. The largest absolute Gasteiger partial charge is 0.485 e. The molecule has 0 aliphatic carbocycles. The van der Waals surface area contributed by atoms with Crippen LogP contribution in [0, 0.1) is 0 Å². The fourth-order valence-electron chi connectivity index (χ4n) is 3.21. The number of para-hydroxylation sites is 2. The Kier molecular flexibility index (Phi) is 5.20. The zero-order valence-corrected chi connectivity index (χ0v) is 16.5. The summed E-state index contributed by atoms with van der Waals surface area (Å²) in [6.07, 6.45) is 0.0672. The molecule has 1 amide bonds. The summed E-state index contributed by atoms with van der Waals surface area (Å²) in [5.41, 5.74) is 0.173. The summed E-state index contributed by atoms with van der Waals surface area (Å²) in [6.45, 7) is 5.18. The SMILES string of the molecule is CCN(Cc1ccccc1)C(=O)Cc1noc(C2(C)COc3ccccc3O2)n1. The minimum atomic E-state index is -0.906. The first-order valence-electron chi connectivity index (χ1n) is 9.63. The molecule has 0 fully saturated rings. The van der Waals surface area contributed by atoms with Crippen molar-refractivity contribution in [3.8, 4) is 11.5 Å². The number of fused-ring (bicyclic) bond motifs is 1. The highest BCUT2D eigenvalue weighted by Gasteiger charge is 2.40. The number of ether oxygens (including phenoxy) is 2. The molecule has 0 saturated heterocycles. The smallest absolute Gasteiger partial charge is 0.274 e. The lowest BCUT2D eigenvalue weighted by Crippen LogP contribution is -2.39. The molecule has 0 saturated carbocycles. The van der Waals surface area contributed by atoms with Gasteiger partial charge < -0.3 is 18.9 Å². The van der Waals surface area contributed by atoms with Gasteiger partial charge in [-0.05, 0) is 31.5 Å². The Morgan fingerprint density at radius 2 is 1.83 bits per heavy atom. The van der Waals surface area contributed by atoms with Gasteiger partial charge in [0.2, 0.25) is 11.5 Å². The third-order valence-electron chi connectivity index (χ3n) is 4.87. The first kappa shape index (κ1) is 19.0. The Bertz CT molecular complexity index is 988. The van der Waals surface area contributed by atoms with Crippen LogP contribution in [0.2, 0.25) is 0 Å². The summed E-state index contributed by atoms with van der Waals surface area (Å²) in [4.78, 5) is 18.9. The van der Waals surface area contributed by atoms with E-state index >= 15 is 0 Å². The molecule has 7 heteroatoms. The molecule has 2 heterocycles. The van der Waals surface area contributed by atoms with E-state index < -0.39 is 5.60 Å². The molecule has 0 radical (unpaired) electrons. The molecule has 7 nitrogen and oxygen atoms in total. The van der Waals surface area contributed by atoms with E-state index in [-0.39, 0.29) is 18.9 Å². The molecule has 0 bridgehead atoms. The van der Waals surface area contributed by atoms with E-state index in [0.717, 1.165) is 5.56 Å². The quantitative estimate of drug-likeness (QED) is 0.639. The van der Waals surface area contributed by atoms with Crippen LogP contribution in [0.4, 0.5) is 0 Å². The van der Waals surface area contributed by atoms with E-state index in [0.29, 0.717) is 36.3 Å². The molecule has 4 rings (SSSR count). The van der Waals surface area contributed by atoms with Crippen molar-refractivity contribution < 1.29 is 18.8 Å². The lowest BCUT2D eigenvalue weighted by atomic mass is 10.1. The van der Waals surface area contributed by atoms with Crippen molar-refractivity contribution in [2.45, 2.75) is 32.4 Å². The van der Waals surface area contributed by atoms with E-state index in [2.05, 4.69) is 10.1 Å². The van der Waals surface area contributed by atoms with Crippen molar-refractivity contribution >= 4 is 5.91 Å². The van der Waals surface area contributed by atoms with Gasteiger partial charge in [0.15, 0.2) is 17.3 Å². The van der Waals surface area contributed by atoms with Gasteiger partial charge in [-0.15, -0.1) is 0 Å². The Labute approximate surface area is 169 Å². The highest BCUT2D eigenvalue weighted by Crippen LogP contribution is 2.38. The summed E-state index contributed by atoms with van der Waals surface area (Å²) >= 11 is 0. The Morgan fingerprint density at radius 3 is 2.59 bits per heavy atom. The number of hydrogen-bond donors (Lipinski definition) is 0. The van der Waals surface area contributed by atoms with Crippen molar-refractivity contribution in [2.75, 3.05) is 13.2 Å². The summed E-state index contributed by atoms with van der Waals surface area (Å²) in [5.74, 6) is 1.87. The van der Waals surface area contributed by atoms with Crippen LogP contribution in [-0.2, 0) is 23.4 Å². The normalized spacial score (nSPS) is 17.7. The van der Waals surface area contributed by atoms with Crippen molar-refractivity contribution in [3.05, 3.63) is 71.9 Å². The maximum Gasteiger partial charge on any atom is 0.274 e. The second-order valence-electron chi connectivity index (χ2n) is 7.15. The Balaban J connectivity index is 1.44. The number of likely N-dealkylation sites (N-methyl/N-ethyl adjacent to an activating group) is 1. The number of aromatic nitrogens is 2. The maximum absolute atomic E-state index is 12.7. The third-order valence-corrected chi connectivity index (χ3v) is 4.87. The summed E-state index contributed by atoms with van der Waals surface area (Å²) < 4.78 is 17.3. The van der Waals surface area contributed by atoms with Gasteiger partial charge in [0.25, 0.3) is 5.89 Å². The molecule has 0 N–H and O–H groups in total. The van der Waals surface area contributed by atoms with Gasteiger partial charge in [-0.3, -0.25) is 4.79 Å². The fourth-order valence-corrected chi connectivity index (χ4v) is 3.21. The van der Waals surface area contributed by atoms with Crippen LogP contribution in [0.1, 0.15) is 31.1 Å². The van der Waals surface area contributed by atoms with Crippen molar-refractivity contribution in [2.24, 2.45) is 0 Å². The molecule has 1 aromatic heterocycles. The van der Waals surface area contributed by atoms with E-state index in [4.69, 9.17) is 14.0 Å². The number of benzene rings is 2. The van der Waals surface area contributed by atoms with Crippen LogP contribution in [0.5, 0.6) is 11.5 Å². The van der Waals surface area contributed by atoms with E-state index in [9.17, 15) is 4.79 Å². The maximum atomic E-state index is 12.7. The van der Waals surface area contributed by atoms with Crippen molar-refractivity contribution in [3.63, 3.8) is 0 Å². The summed E-state index contributed by atoms with van der Waals surface area (Å²) in [7, 11) is 0. The average molecular weight is 393 g/mol. The number of carbonyl (C=O) groups is 1. The molecular weight excluding hydrogens is 370 g/mol. The predicted molar refractivity (Wildman–Crippen MR) is 105 cm³/mol. The lowest BCUT2D eigenvalue weighted by Gasteiger charge is -2.32. The minimum absolute atomic E-state index is 0.0555. The zero-order chi connectivity index (χ0) is 20.3. The van der Waals surface area contributed by atoms with Gasteiger partial charge in [0, 0.05) is 13.1 Å². The van der Waals surface area contributed by atoms with Gasteiger partial charge in [-0.1, -0.05) is 47.6 Å². The molecule has 2 aromatic carbocycles. The summed E-state index contributed by atoms with van der Waals surface area (Å²) in [6, 6.07) is 17.3. The van der Waals surface area contributed by atoms with Crippen LogP contribution >= 0.6 is 0 Å². The second kappa shape index (κ2) is 7.95. The van der Waals surface area contributed by atoms with Gasteiger partial charge >= 0.3 is 0 Å². The van der Waals surface area contributed by atoms with Gasteiger partial charge in [-0.25, -0.2) is 0 Å². The molecular formula is C22H23N3O4. The number of carbonyl (C=O) groups excluding carboxylic acids is 1. The van der Waals surface area contributed by atoms with Crippen LogP contribution in [-0.4, -0.2) is 34.1 Å². The molecule has 29 heavy (non-hydrogen) atoms. The Morgan fingerprint density at radius 1 is 1.10 bits per heavy atom. The number of hydrogen-bond acceptors (Lipinski definition) is 6. The first-order chi connectivity index (χ1) is 14.1. The minimum Gasteiger partial charge on any atom is -0.485 e. The zero-order valence-electron chi connectivity index (χ0n) is 16.5. The number of rotatable bonds is 6. The highest BCUT2D eigenvalue weighted by molar-refractivity contribution is 5.77. The van der Waals surface area contributed by atoms with Crippen LogP contribution in [0.15, 0.2) is 59.1 Å². The molecule has 1 unspecified atom stereocenters. The average Bonchev–Trinajstić information content (AvgIpc) is 3.22. The third kappa shape index (κ3) is 4.08. The fraction of sp³-hybridized carbons (Fsp3) is 0.318. The monoisotopic (exact) mass is 393 g/mol. The van der Waals surface area contributed by atoms with Gasteiger partial charge in [0.1, 0.15) is 6.61 Å². The lowest BCUT2D eigenvalue weighted by molar-refractivity contribution is -0.131. The van der Waals surface area contributed by atoms with Crippen LogP contribution < -0.4 is 9.47 Å². The molecule has 1 aliphatic rings. The van der Waals surface area contributed by atoms with Crippen LogP contribution in [0.3, 0.4) is 0 Å². The van der Waals surface area contributed by atoms with E-state index in [1.54, 1.807) is 4.90 Å². The molecule has 3 aromatic rings. The number of nitrogens with zero attached hydrogens (tertiary/aromatic N) is 3. The molecule has 1 aliphatic heterocycles. The molecule has 1 atom stereocenters.